The Labute approximate surface area is 141 Å². The van der Waals surface area contributed by atoms with E-state index in [-0.39, 0.29) is 17.0 Å². The van der Waals surface area contributed by atoms with Gasteiger partial charge in [-0.05, 0) is 12.1 Å². The molecule has 24 heavy (non-hydrogen) atoms. The van der Waals surface area contributed by atoms with Gasteiger partial charge in [-0.15, -0.1) is 0 Å². The van der Waals surface area contributed by atoms with Gasteiger partial charge in [-0.2, -0.15) is 9.83 Å². The Bertz CT molecular complexity index is 824. The molecule has 0 saturated carbocycles. The average molecular weight is 353 g/mol. The zero-order valence-electron chi connectivity index (χ0n) is 12.8. The van der Waals surface area contributed by atoms with Crippen molar-refractivity contribution in [2.24, 2.45) is 5.10 Å². The summed E-state index contributed by atoms with van der Waals surface area (Å²) in [5, 5.41) is 16.1. The second-order valence-electron chi connectivity index (χ2n) is 4.50. The number of carbonyl (C=O) groups is 2. The number of halogens is 1. The Morgan fingerprint density at radius 3 is 2.79 bits per heavy atom. The van der Waals surface area contributed by atoms with Crippen LogP contribution in [0, 0.1) is 5.21 Å². The Balaban J connectivity index is 2.30. The molecule has 0 aliphatic carbocycles. The fraction of sp³-hybridized carbons (Fsp3) is 0.214. The number of nitrogens with one attached hydrogen (secondary N) is 1. The van der Waals surface area contributed by atoms with Crippen molar-refractivity contribution in [3.05, 3.63) is 34.6 Å². The van der Waals surface area contributed by atoms with Gasteiger partial charge in [0.25, 0.3) is 0 Å². The zero-order chi connectivity index (χ0) is 17.7. The molecular weight excluding hydrogens is 340 g/mol. The van der Waals surface area contributed by atoms with Gasteiger partial charge in [0.15, 0.2) is 5.71 Å². The number of anilines is 1. The van der Waals surface area contributed by atoms with Crippen LogP contribution in [0.4, 0.5) is 5.82 Å². The Hall–Kier alpha value is -2.94. The minimum absolute atomic E-state index is 0.0751. The molecule has 0 fully saturated rings. The number of carbonyl (C=O) groups excluding carboxylic acids is 2. The lowest BCUT2D eigenvalue weighted by molar-refractivity contribution is -0.576. The van der Waals surface area contributed by atoms with E-state index < -0.39 is 18.4 Å². The third kappa shape index (κ3) is 4.07. The molecule has 0 spiro atoms. The van der Waals surface area contributed by atoms with Crippen molar-refractivity contribution in [2.75, 3.05) is 19.6 Å². The number of hydrogen-bond donors (Lipinski definition) is 1. The smallest absolute Gasteiger partial charge is 0.354 e. The predicted octanol–water partition coefficient (Wildman–Crippen LogP) is 1.03. The third-order valence-corrected chi connectivity index (χ3v) is 3.16. The molecule has 0 saturated heterocycles. The van der Waals surface area contributed by atoms with Crippen molar-refractivity contribution in [1.82, 2.24) is 4.98 Å². The SMILES string of the molecule is COC(=O)C/C(=N\Nc1c[n+]([O-])c2cc(Cl)ccc2n1)C(=O)OC. The molecule has 0 atom stereocenters. The van der Waals surface area contributed by atoms with Crippen LogP contribution < -0.4 is 10.2 Å². The average Bonchev–Trinajstić information content (AvgIpc) is 2.58. The summed E-state index contributed by atoms with van der Waals surface area (Å²) < 4.78 is 9.57. The van der Waals surface area contributed by atoms with Crippen molar-refractivity contribution in [2.45, 2.75) is 6.42 Å². The first-order chi connectivity index (χ1) is 11.4. The molecule has 0 unspecified atom stereocenters. The Kier molecular flexibility index (Phi) is 5.48. The summed E-state index contributed by atoms with van der Waals surface area (Å²) in [6, 6.07) is 4.62. The van der Waals surface area contributed by atoms with Crippen molar-refractivity contribution >= 4 is 46.1 Å². The van der Waals surface area contributed by atoms with Crippen LogP contribution in [0.1, 0.15) is 6.42 Å². The summed E-state index contributed by atoms with van der Waals surface area (Å²) in [5.74, 6) is -1.40. The second-order valence-corrected chi connectivity index (χ2v) is 4.94. The summed E-state index contributed by atoms with van der Waals surface area (Å²) >= 11 is 5.83. The maximum atomic E-state index is 12.0. The zero-order valence-corrected chi connectivity index (χ0v) is 13.5. The van der Waals surface area contributed by atoms with Gasteiger partial charge in [-0.1, -0.05) is 11.6 Å². The van der Waals surface area contributed by atoms with Crippen molar-refractivity contribution in [3.8, 4) is 0 Å². The molecule has 0 aliphatic heterocycles. The van der Waals surface area contributed by atoms with E-state index in [1.54, 1.807) is 12.1 Å². The lowest BCUT2D eigenvalue weighted by Crippen LogP contribution is -2.28. The number of benzene rings is 1. The van der Waals surface area contributed by atoms with Gasteiger partial charge in [-0.3, -0.25) is 10.2 Å². The number of nitrogens with zero attached hydrogens (tertiary/aromatic N) is 3. The van der Waals surface area contributed by atoms with E-state index in [1.165, 1.54) is 13.2 Å². The van der Waals surface area contributed by atoms with Gasteiger partial charge < -0.3 is 14.7 Å². The molecule has 2 aromatic rings. The number of hydrazone groups is 1. The number of rotatable bonds is 5. The largest absolute Gasteiger partial charge is 0.618 e. The molecule has 0 radical (unpaired) electrons. The standard InChI is InChI=1S/C14H13ClN4O5/c1-23-13(20)6-10(14(21)24-2)17-18-12-7-19(22)11-5-8(15)3-4-9(11)16-12/h3-5,7H,6H2,1-2H3,(H,16,18)/b17-10+. The molecule has 10 heteroatoms. The van der Waals surface area contributed by atoms with E-state index >= 15 is 0 Å². The predicted molar refractivity (Wildman–Crippen MR) is 85.4 cm³/mol. The lowest BCUT2D eigenvalue weighted by Gasteiger charge is -2.06. The fourth-order valence-corrected chi connectivity index (χ4v) is 1.94. The van der Waals surface area contributed by atoms with E-state index in [0.717, 1.165) is 13.3 Å². The van der Waals surface area contributed by atoms with Crippen LogP contribution in [0.25, 0.3) is 11.0 Å². The molecule has 9 nitrogen and oxygen atoms in total. The highest BCUT2D eigenvalue weighted by Crippen LogP contribution is 2.16. The molecule has 0 bridgehead atoms. The normalized spacial score (nSPS) is 11.2. The van der Waals surface area contributed by atoms with E-state index in [9.17, 15) is 14.8 Å². The highest BCUT2D eigenvalue weighted by atomic mass is 35.5. The summed E-state index contributed by atoms with van der Waals surface area (Å²) in [6.07, 6.45) is 0.728. The van der Waals surface area contributed by atoms with E-state index in [1.807, 2.05) is 0 Å². The number of aromatic nitrogens is 2. The minimum atomic E-state index is -0.810. The third-order valence-electron chi connectivity index (χ3n) is 2.92. The summed E-state index contributed by atoms with van der Waals surface area (Å²) in [7, 11) is 2.33. The van der Waals surface area contributed by atoms with Gasteiger partial charge >= 0.3 is 11.9 Å². The molecule has 1 heterocycles. The van der Waals surface area contributed by atoms with E-state index in [4.69, 9.17) is 11.6 Å². The van der Waals surface area contributed by atoms with Gasteiger partial charge in [0.2, 0.25) is 17.5 Å². The number of hydrogen-bond acceptors (Lipinski definition) is 8. The van der Waals surface area contributed by atoms with Gasteiger partial charge in [-0.25, -0.2) is 9.78 Å². The van der Waals surface area contributed by atoms with Crippen molar-refractivity contribution in [3.63, 3.8) is 0 Å². The van der Waals surface area contributed by atoms with Crippen LogP contribution in [0.15, 0.2) is 29.5 Å². The topological polar surface area (TPSA) is 117 Å². The summed E-state index contributed by atoms with van der Waals surface area (Å²) in [4.78, 5) is 27.1. The molecule has 0 aliphatic rings. The molecular formula is C14H13ClN4O5. The van der Waals surface area contributed by atoms with Crippen molar-refractivity contribution < 1.29 is 23.8 Å². The molecule has 2 rings (SSSR count). The summed E-state index contributed by atoms with van der Waals surface area (Å²) in [5.41, 5.74) is 2.88. The fourth-order valence-electron chi connectivity index (χ4n) is 1.77. The maximum Gasteiger partial charge on any atom is 0.354 e. The first-order valence-electron chi connectivity index (χ1n) is 6.61. The van der Waals surface area contributed by atoms with Crippen LogP contribution in [0.5, 0.6) is 0 Å². The van der Waals surface area contributed by atoms with Gasteiger partial charge in [0.1, 0.15) is 5.52 Å². The maximum absolute atomic E-state index is 12.0. The number of fused-ring (bicyclic) bond motifs is 1. The first-order valence-corrected chi connectivity index (χ1v) is 6.99. The number of methoxy groups -OCH3 is 2. The molecule has 126 valence electrons. The summed E-state index contributed by atoms with van der Waals surface area (Å²) in [6.45, 7) is 0. The van der Waals surface area contributed by atoms with Crippen LogP contribution in [-0.2, 0) is 19.1 Å². The van der Waals surface area contributed by atoms with Crippen LogP contribution in [0.2, 0.25) is 5.02 Å². The lowest BCUT2D eigenvalue weighted by atomic mass is 10.3. The monoisotopic (exact) mass is 352 g/mol. The molecule has 1 aromatic heterocycles. The minimum Gasteiger partial charge on any atom is -0.618 e. The highest BCUT2D eigenvalue weighted by Gasteiger charge is 2.18. The van der Waals surface area contributed by atoms with Crippen LogP contribution >= 0.6 is 11.6 Å². The van der Waals surface area contributed by atoms with Gasteiger partial charge in [0.05, 0.1) is 20.6 Å². The molecule has 0 amide bonds. The van der Waals surface area contributed by atoms with Crippen LogP contribution in [-0.4, -0.2) is 36.9 Å². The Morgan fingerprint density at radius 2 is 2.12 bits per heavy atom. The number of ether oxygens (including phenoxy) is 2. The van der Waals surface area contributed by atoms with Gasteiger partial charge in [0, 0.05) is 11.1 Å². The van der Waals surface area contributed by atoms with E-state index in [2.05, 4.69) is 25.0 Å². The molecule has 1 N–H and O–H groups in total. The first kappa shape index (κ1) is 17.4. The number of esters is 2. The molecule has 1 aromatic carbocycles. The second kappa shape index (κ2) is 7.55. The Morgan fingerprint density at radius 1 is 1.38 bits per heavy atom. The quantitative estimate of drug-likeness (QED) is 0.281. The van der Waals surface area contributed by atoms with Crippen molar-refractivity contribution in [1.29, 1.82) is 0 Å². The van der Waals surface area contributed by atoms with E-state index in [0.29, 0.717) is 15.3 Å². The highest BCUT2D eigenvalue weighted by molar-refractivity contribution is 6.39. The van der Waals surface area contributed by atoms with Crippen LogP contribution in [0.3, 0.4) is 0 Å².